The maximum atomic E-state index is 9.22. The van der Waals surface area contributed by atoms with E-state index in [9.17, 15) is 5.11 Å². The van der Waals surface area contributed by atoms with Gasteiger partial charge in [-0.25, -0.2) is 4.98 Å². The van der Waals surface area contributed by atoms with E-state index < -0.39 is 0 Å². The highest BCUT2D eigenvalue weighted by atomic mass is 16.5. The summed E-state index contributed by atoms with van der Waals surface area (Å²) in [5.41, 5.74) is 3.19. The molecule has 0 saturated heterocycles. The lowest BCUT2D eigenvalue weighted by molar-refractivity contribution is 0.398. The Morgan fingerprint density at radius 3 is 2.26 bits per heavy atom. The molecule has 0 aliphatic carbocycles. The van der Waals surface area contributed by atoms with Gasteiger partial charge in [-0.1, -0.05) is 32.9 Å². The average Bonchev–Trinajstić information content (AvgIpc) is 2.38. The lowest BCUT2D eigenvalue weighted by Gasteiger charge is -2.22. The summed E-state index contributed by atoms with van der Waals surface area (Å²) in [6.07, 6.45) is 1.65. The Bertz CT molecular complexity index is 568. The van der Waals surface area contributed by atoms with E-state index >= 15 is 0 Å². The van der Waals surface area contributed by atoms with E-state index in [0.29, 0.717) is 0 Å². The van der Waals surface area contributed by atoms with Gasteiger partial charge in [0.1, 0.15) is 5.75 Å². The van der Waals surface area contributed by atoms with Crippen molar-refractivity contribution in [1.29, 1.82) is 0 Å². The van der Waals surface area contributed by atoms with Gasteiger partial charge in [-0.3, -0.25) is 0 Å². The molecular weight excluding hydrogens is 238 g/mol. The summed E-state index contributed by atoms with van der Waals surface area (Å²) in [4.78, 5) is 3.90. The minimum Gasteiger partial charge on any atom is -0.496 e. The quantitative estimate of drug-likeness (QED) is 0.890. The number of hydrogen-bond acceptors (Lipinski definition) is 3. The van der Waals surface area contributed by atoms with Gasteiger partial charge in [0.05, 0.1) is 7.11 Å². The fourth-order valence-electron chi connectivity index (χ4n) is 2.05. The lowest BCUT2D eigenvalue weighted by atomic mass is 9.85. The summed E-state index contributed by atoms with van der Waals surface area (Å²) in [5, 5.41) is 9.22. The Kier molecular flexibility index (Phi) is 3.47. The first-order valence-corrected chi connectivity index (χ1v) is 6.26. The van der Waals surface area contributed by atoms with Gasteiger partial charge in [-0.05, 0) is 28.7 Å². The molecule has 1 heterocycles. The van der Waals surface area contributed by atoms with Crippen molar-refractivity contribution in [2.24, 2.45) is 0 Å². The molecule has 0 radical (unpaired) electrons. The summed E-state index contributed by atoms with van der Waals surface area (Å²) >= 11 is 0. The van der Waals surface area contributed by atoms with Crippen LogP contribution in [0.15, 0.2) is 36.5 Å². The molecule has 1 aromatic carbocycles. The van der Waals surface area contributed by atoms with E-state index in [2.05, 4.69) is 37.9 Å². The van der Waals surface area contributed by atoms with Crippen molar-refractivity contribution in [1.82, 2.24) is 4.98 Å². The van der Waals surface area contributed by atoms with Gasteiger partial charge >= 0.3 is 0 Å². The molecule has 0 fully saturated rings. The number of pyridine rings is 1. The van der Waals surface area contributed by atoms with E-state index in [0.717, 1.165) is 16.9 Å². The largest absolute Gasteiger partial charge is 0.496 e. The van der Waals surface area contributed by atoms with Crippen molar-refractivity contribution in [2.75, 3.05) is 7.11 Å². The Morgan fingerprint density at radius 1 is 1.05 bits per heavy atom. The van der Waals surface area contributed by atoms with Crippen molar-refractivity contribution in [3.63, 3.8) is 0 Å². The first-order chi connectivity index (χ1) is 8.91. The monoisotopic (exact) mass is 257 g/mol. The minimum absolute atomic E-state index is 0.0297. The van der Waals surface area contributed by atoms with Crippen molar-refractivity contribution in [3.05, 3.63) is 42.1 Å². The zero-order valence-corrected chi connectivity index (χ0v) is 11.8. The third-order valence-electron chi connectivity index (χ3n) is 3.09. The number of aromatic hydroxyl groups is 1. The molecule has 3 nitrogen and oxygen atoms in total. The molecule has 0 aliphatic heterocycles. The molecule has 0 saturated carbocycles. The maximum absolute atomic E-state index is 9.22. The smallest absolute Gasteiger partial charge is 0.210 e. The molecule has 0 unspecified atom stereocenters. The summed E-state index contributed by atoms with van der Waals surface area (Å²) in [5.74, 6) is 0.903. The zero-order chi connectivity index (χ0) is 14.0. The summed E-state index contributed by atoms with van der Waals surface area (Å²) in [6.45, 7) is 6.48. The van der Waals surface area contributed by atoms with E-state index in [1.165, 1.54) is 5.56 Å². The number of rotatable bonds is 2. The molecule has 1 aromatic heterocycles. The van der Waals surface area contributed by atoms with Crippen LogP contribution in [0.25, 0.3) is 11.1 Å². The van der Waals surface area contributed by atoms with Crippen LogP contribution >= 0.6 is 0 Å². The fraction of sp³-hybridized carbons (Fsp3) is 0.312. The van der Waals surface area contributed by atoms with Crippen LogP contribution < -0.4 is 4.74 Å². The molecule has 0 bridgehead atoms. The molecule has 0 atom stereocenters. The predicted molar refractivity (Wildman–Crippen MR) is 76.6 cm³/mol. The Morgan fingerprint density at radius 2 is 1.74 bits per heavy atom. The molecule has 2 rings (SSSR count). The van der Waals surface area contributed by atoms with Crippen LogP contribution in [0.3, 0.4) is 0 Å². The van der Waals surface area contributed by atoms with E-state index in [4.69, 9.17) is 4.74 Å². The van der Waals surface area contributed by atoms with Crippen molar-refractivity contribution < 1.29 is 9.84 Å². The van der Waals surface area contributed by atoms with Crippen molar-refractivity contribution in [2.45, 2.75) is 26.2 Å². The van der Waals surface area contributed by atoms with Gasteiger partial charge in [0, 0.05) is 17.8 Å². The third kappa shape index (κ3) is 2.87. The zero-order valence-electron chi connectivity index (χ0n) is 11.8. The molecule has 19 heavy (non-hydrogen) atoms. The summed E-state index contributed by atoms with van der Waals surface area (Å²) < 4.78 is 5.49. The van der Waals surface area contributed by atoms with Crippen LogP contribution in [0.4, 0.5) is 0 Å². The molecule has 3 heteroatoms. The van der Waals surface area contributed by atoms with Gasteiger partial charge in [-0.15, -0.1) is 0 Å². The maximum Gasteiger partial charge on any atom is 0.210 e. The fourth-order valence-corrected chi connectivity index (χ4v) is 2.05. The van der Waals surface area contributed by atoms with Crippen molar-refractivity contribution >= 4 is 0 Å². The van der Waals surface area contributed by atoms with Gasteiger partial charge in [0.25, 0.3) is 0 Å². The van der Waals surface area contributed by atoms with Crippen molar-refractivity contribution in [3.8, 4) is 22.8 Å². The Labute approximate surface area is 113 Å². The molecule has 100 valence electrons. The van der Waals surface area contributed by atoms with Gasteiger partial charge in [-0.2, -0.15) is 0 Å². The second-order valence-electron chi connectivity index (χ2n) is 5.57. The molecule has 0 amide bonds. The third-order valence-corrected chi connectivity index (χ3v) is 3.09. The first kappa shape index (κ1) is 13.4. The molecule has 1 N–H and O–H groups in total. The minimum atomic E-state index is 0.0297. The standard InChI is InChI=1S/C16H19NO2/c1-16(2,3)13-7-5-11(9-14(13)19-4)12-6-8-15(18)17-10-12/h5-10H,1-4H3,(H,17,18). The van der Waals surface area contributed by atoms with E-state index in [-0.39, 0.29) is 11.3 Å². The molecule has 0 spiro atoms. The lowest BCUT2D eigenvalue weighted by Crippen LogP contribution is -2.12. The molecule has 0 aliphatic rings. The van der Waals surface area contributed by atoms with Crippen LogP contribution in [0.5, 0.6) is 11.6 Å². The van der Waals surface area contributed by atoms with Crippen LogP contribution in [0.1, 0.15) is 26.3 Å². The number of nitrogens with zero attached hydrogens (tertiary/aromatic N) is 1. The van der Waals surface area contributed by atoms with Crippen LogP contribution in [0.2, 0.25) is 0 Å². The SMILES string of the molecule is COc1cc(-c2ccc(O)nc2)ccc1C(C)(C)C. The van der Waals surface area contributed by atoms with Gasteiger partial charge < -0.3 is 9.84 Å². The number of ether oxygens (including phenoxy) is 1. The highest BCUT2D eigenvalue weighted by Crippen LogP contribution is 2.34. The number of methoxy groups -OCH3 is 1. The summed E-state index contributed by atoms with van der Waals surface area (Å²) in [6, 6.07) is 9.57. The predicted octanol–water partition coefficient (Wildman–Crippen LogP) is 3.76. The highest BCUT2D eigenvalue weighted by molar-refractivity contribution is 5.66. The second kappa shape index (κ2) is 4.92. The topological polar surface area (TPSA) is 42.4 Å². The van der Waals surface area contributed by atoms with E-state index in [1.807, 2.05) is 12.1 Å². The van der Waals surface area contributed by atoms with Crippen LogP contribution in [-0.2, 0) is 5.41 Å². The van der Waals surface area contributed by atoms with Gasteiger partial charge in [0.15, 0.2) is 0 Å². The number of benzene rings is 1. The van der Waals surface area contributed by atoms with Gasteiger partial charge in [0.2, 0.25) is 5.88 Å². The van der Waals surface area contributed by atoms with Crippen LogP contribution in [0, 0.1) is 0 Å². The normalized spacial score (nSPS) is 11.4. The second-order valence-corrected chi connectivity index (χ2v) is 5.57. The van der Waals surface area contributed by atoms with Crippen LogP contribution in [-0.4, -0.2) is 17.2 Å². The number of hydrogen-bond donors (Lipinski definition) is 1. The Balaban J connectivity index is 2.47. The Hall–Kier alpha value is -2.03. The molecule has 2 aromatic rings. The number of aromatic nitrogens is 1. The first-order valence-electron chi connectivity index (χ1n) is 6.26. The highest BCUT2D eigenvalue weighted by Gasteiger charge is 2.19. The summed E-state index contributed by atoms with van der Waals surface area (Å²) in [7, 11) is 1.68. The average molecular weight is 257 g/mol. The van der Waals surface area contributed by atoms with E-state index in [1.54, 1.807) is 19.4 Å². The molecular formula is C16H19NO2.